The van der Waals surface area contributed by atoms with E-state index in [2.05, 4.69) is 4.98 Å². The second kappa shape index (κ2) is 6.09. The van der Waals surface area contributed by atoms with Gasteiger partial charge in [0, 0.05) is 11.8 Å². The van der Waals surface area contributed by atoms with Crippen molar-refractivity contribution in [2.24, 2.45) is 0 Å². The predicted molar refractivity (Wildman–Crippen MR) is 71.9 cm³/mol. The van der Waals surface area contributed by atoms with E-state index in [0.717, 1.165) is 10.9 Å². The number of para-hydroxylation sites is 1. The van der Waals surface area contributed by atoms with Gasteiger partial charge in [-0.05, 0) is 19.1 Å². The molecule has 2 rings (SSSR count). The topological polar surface area (TPSA) is 56.3 Å². The smallest absolute Gasteiger partial charge is 0.306 e. The van der Waals surface area contributed by atoms with Gasteiger partial charge in [0.2, 0.25) is 0 Å². The van der Waals surface area contributed by atoms with Crippen LogP contribution in [0, 0.1) is 0 Å². The van der Waals surface area contributed by atoms with Crippen molar-refractivity contribution in [1.82, 2.24) is 4.98 Å². The zero-order valence-electron chi connectivity index (χ0n) is 10.8. The summed E-state index contributed by atoms with van der Waals surface area (Å²) in [5.41, 5.74) is 1.17. The number of fused-ring (bicyclic) bond motifs is 1. The first kappa shape index (κ1) is 13.2. The maximum Gasteiger partial charge on any atom is 0.306 e. The maximum atomic E-state index is 11.9. The molecule has 1 heterocycles. The monoisotopic (exact) mass is 257 g/mol. The largest absolute Gasteiger partial charge is 0.466 e. The number of rotatable bonds is 5. The van der Waals surface area contributed by atoms with Crippen LogP contribution in [0.15, 0.2) is 36.4 Å². The summed E-state index contributed by atoms with van der Waals surface area (Å²) >= 11 is 0. The molecule has 1 aromatic heterocycles. The highest BCUT2D eigenvalue weighted by Crippen LogP contribution is 2.13. The van der Waals surface area contributed by atoms with Gasteiger partial charge in [0.25, 0.3) is 0 Å². The Morgan fingerprint density at radius 2 is 1.89 bits per heavy atom. The lowest BCUT2D eigenvalue weighted by molar-refractivity contribution is -0.143. The number of nitrogens with zero attached hydrogens (tertiary/aromatic N) is 1. The van der Waals surface area contributed by atoms with E-state index in [1.54, 1.807) is 13.0 Å². The van der Waals surface area contributed by atoms with Gasteiger partial charge < -0.3 is 4.74 Å². The van der Waals surface area contributed by atoms with E-state index in [1.165, 1.54) is 0 Å². The highest BCUT2D eigenvalue weighted by atomic mass is 16.5. The van der Waals surface area contributed by atoms with Crippen molar-refractivity contribution in [3.8, 4) is 0 Å². The van der Waals surface area contributed by atoms with E-state index in [9.17, 15) is 9.59 Å². The standard InChI is InChI=1S/C15H15NO3/c1-2-19-15(18)10-9-14(17)13-8-7-11-5-3-4-6-12(11)16-13/h3-8H,2,9-10H2,1H3. The van der Waals surface area contributed by atoms with Gasteiger partial charge in [-0.15, -0.1) is 0 Å². The van der Waals surface area contributed by atoms with Crippen LogP contribution in [0.1, 0.15) is 30.3 Å². The summed E-state index contributed by atoms with van der Waals surface area (Å²) in [6, 6.07) is 11.1. The Hall–Kier alpha value is -2.23. The van der Waals surface area contributed by atoms with Crippen LogP contribution in [0.4, 0.5) is 0 Å². The van der Waals surface area contributed by atoms with Gasteiger partial charge in [0.15, 0.2) is 5.78 Å². The Labute approximate surface area is 111 Å². The van der Waals surface area contributed by atoms with Crippen molar-refractivity contribution in [2.75, 3.05) is 6.61 Å². The van der Waals surface area contributed by atoms with E-state index >= 15 is 0 Å². The van der Waals surface area contributed by atoms with Gasteiger partial charge in [0.1, 0.15) is 5.69 Å². The molecule has 0 saturated carbocycles. The zero-order valence-corrected chi connectivity index (χ0v) is 10.8. The molecule has 0 aliphatic carbocycles. The molecule has 19 heavy (non-hydrogen) atoms. The Kier molecular flexibility index (Phi) is 4.23. The van der Waals surface area contributed by atoms with Crippen LogP contribution < -0.4 is 0 Å². The number of ether oxygens (including phenoxy) is 1. The molecular weight excluding hydrogens is 242 g/mol. The van der Waals surface area contributed by atoms with Gasteiger partial charge in [-0.25, -0.2) is 4.98 Å². The average molecular weight is 257 g/mol. The molecule has 2 aromatic rings. The fraction of sp³-hybridized carbons (Fsp3) is 0.267. The SMILES string of the molecule is CCOC(=O)CCC(=O)c1ccc2ccccc2n1. The van der Waals surface area contributed by atoms with Crippen LogP contribution in [0.2, 0.25) is 0 Å². The summed E-state index contributed by atoms with van der Waals surface area (Å²) in [6.45, 7) is 2.08. The third-order valence-corrected chi connectivity index (χ3v) is 2.75. The quantitative estimate of drug-likeness (QED) is 0.610. The number of benzene rings is 1. The minimum atomic E-state index is -0.350. The Bertz CT molecular complexity index is 607. The number of hydrogen-bond donors (Lipinski definition) is 0. The second-order valence-corrected chi connectivity index (χ2v) is 4.12. The van der Waals surface area contributed by atoms with Crippen molar-refractivity contribution in [3.05, 3.63) is 42.1 Å². The van der Waals surface area contributed by atoms with E-state index in [1.807, 2.05) is 30.3 Å². The molecule has 0 bridgehead atoms. The lowest BCUT2D eigenvalue weighted by atomic mass is 10.1. The van der Waals surface area contributed by atoms with Crippen LogP contribution in [-0.4, -0.2) is 23.3 Å². The number of aromatic nitrogens is 1. The summed E-state index contributed by atoms with van der Waals surface area (Å²) in [5.74, 6) is -0.490. The number of hydrogen-bond acceptors (Lipinski definition) is 4. The fourth-order valence-electron chi connectivity index (χ4n) is 1.80. The van der Waals surface area contributed by atoms with Crippen LogP contribution in [-0.2, 0) is 9.53 Å². The van der Waals surface area contributed by atoms with Crippen molar-refractivity contribution in [3.63, 3.8) is 0 Å². The maximum absolute atomic E-state index is 11.9. The molecule has 0 fully saturated rings. The molecule has 0 N–H and O–H groups in total. The van der Waals surface area contributed by atoms with Crippen LogP contribution in [0.3, 0.4) is 0 Å². The van der Waals surface area contributed by atoms with Gasteiger partial charge in [-0.1, -0.05) is 24.3 Å². The van der Waals surface area contributed by atoms with Crippen LogP contribution in [0.25, 0.3) is 10.9 Å². The summed E-state index contributed by atoms with van der Waals surface area (Å²) in [5, 5.41) is 0.990. The number of pyridine rings is 1. The molecule has 0 unspecified atom stereocenters. The number of Topliss-reactive ketones (excluding diaryl/α,β-unsaturated/α-hetero) is 1. The first-order valence-corrected chi connectivity index (χ1v) is 6.25. The Balaban J connectivity index is 2.07. The van der Waals surface area contributed by atoms with Crippen molar-refractivity contribution in [2.45, 2.75) is 19.8 Å². The number of carbonyl (C=O) groups excluding carboxylic acids is 2. The Morgan fingerprint density at radius 3 is 2.68 bits per heavy atom. The van der Waals surface area contributed by atoms with Gasteiger partial charge in [-0.2, -0.15) is 0 Å². The molecule has 0 atom stereocenters. The van der Waals surface area contributed by atoms with Gasteiger partial charge >= 0.3 is 5.97 Å². The summed E-state index contributed by atoms with van der Waals surface area (Å²) in [4.78, 5) is 27.4. The molecule has 0 aliphatic heterocycles. The Morgan fingerprint density at radius 1 is 1.11 bits per heavy atom. The van der Waals surface area contributed by atoms with Crippen molar-refractivity contribution < 1.29 is 14.3 Å². The van der Waals surface area contributed by atoms with E-state index in [4.69, 9.17) is 4.74 Å². The van der Waals surface area contributed by atoms with Crippen LogP contribution >= 0.6 is 0 Å². The number of ketones is 1. The molecule has 4 nitrogen and oxygen atoms in total. The van der Waals surface area contributed by atoms with Gasteiger partial charge in [-0.3, -0.25) is 9.59 Å². The third kappa shape index (κ3) is 3.37. The molecule has 1 aromatic carbocycles. The average Bonchev–Trinajstić information content (AvgIpc) is 2.44. The molecule has 0 spiro atoms. The summed E-state index contributed by atoms with van der Waals surface area (Å²) < 4.78 is 4.79. The van der Waals surface area contributed by atoms with E-state index in [0.29, 0.717) is 12.3 Å². The minimum absolute atomic E-state index is 0.0984. The third-order valence-electron chi connectivity index (χ3n) is 2.75. The molecule has 98 valence electrons. The zero-order chi connectivity index (χ0) is 13.7. The van der Waals surface area contributed by atoms with Crippen LogP contribution in [0.5, 0.6) is 0 Å². The van der Waals surface area contributed by atoms with Crippen molar-refractivity contribution in [1.29, 1.82) is 0 Å². The van der Waals surface area contributed by atoms with E-state index < -0.39 is 0 Å². The second-order valence-electron chi connectivity index (χ2n) is 4.12. The molecule has 4 heteroatoms. The summed E-state index contributed by atoms with van der Waals surface area (Å²) in [7, 11) is 0. The molecule has 0 amide bonds. The lowest BCUT2D eigenvalue weighted by Crippen LogP contribution is -2.09. The van der Waals surface area contributed by atoms with Crippen molar-refractivity contribution >= 4 is 22.7 Å². The normalized spacial score (nSPS) is 10.4. The highest BCUT2D eigenvalue weighted by molar-refractivity contribution is 5.97. The fourth-order valence-corrected chi connectivity index (χ4v) is 1.80. The molecule has 0 aliphatic rings. The lowest BCUT2D eigenvalue weighted by Gasteiger charge is -2.03. The number of esters is 1. The summed E-state index contributed by atoms with van der Waals surface area (Å²) in [6.07, 6.45) is 0.228. The highest BCUT2D eigenvalue weighted by Gasteiger charge is 2.11. The van der Waals surface area contributed by atoms with E-state index in [-0.39, 0.29) is 24.6 Å². The minimum Gasteiger partial charge on any atom is -0.466 e. The number of carbonyl (C=O) groups is 2. The molecule has 0 radical (unpaired) electrons. The molecule has 0 saturated heterocycles. The first-order chi connectivity index (χ1) is 9.20. The first-order valence-electron chi connectivity index (χ1n) is 6.25. The molecular formula is C15H15NO3. The predicted octanol–water partition coefficient (Wildman–Crippen LogP) is 2.76. The van der Waals surface area contributed by atoms with Gasteiger partial charge in [0.05, 0.1) is 18.5 Å².